The zero-order valence-corrected chi connectivity index (χ0v) is 18.5. The van der Waals surface area contributed by atoms with Gasteiger partial charge >= 0.3 is 11.6 Å². The lowest BCUT2D eigenvalue weighted by Crippen LogP contribution is -2.36. The third kappa shape index (κ3) is 4.11. The first-order chi connectivity index (χ1) is 17.3. The number of nitrogens with zero attached hydrogens (tertiary/aromatic N) is 5. The normalized spacial score (nSPS) is 13.8. The molecule has 0 amide bonds. The molecule has 4 heterocycles. The average Bonchev–Trinajstić information content (AvgIpc) is 3.55. The molecule has 2 aromatic carbocycles. The van der Waals surface area contributed by atoms with Gasteiger partial charge in [-0.2, -0.15) is 0 Å². The molecule has 0 saturated carbocycles. The first-order valence-corrected chi connectivity index (χ1v) is 11.1. The fourth-order valence-electron chi connectivity index (χ4n) is 4.03. The van der Waals surface area contributed by atoms with Crippen molar-refractivity contribution in [1.82, 2.24) is 20.2 Å². The van der Waals surface area contributed by atoms with Crippen LogP contribution in [0.15, 0.2) is 80.6 Å². The Morgan fingerprint density at radius 1 is 0.886 bits per heavy atom. The van der Waals surface area contributed by atoms with Crippen molar-refractivity contribution in [3.8, 4) is 22.9 Å². The molecule has 0 bridgehead atoms. The highest BCUT2D eigenvalue weighted by molar-refractivity contribution is 5.92. The molecule has 0 radical (unpaired) electrons. The Bertz CT molecular complexity index is 1540. The monoisotopic (exact) mass is 468 g/mol. The number of nitrogens with one attached hydrogen (secondary N) is 1. The van der Waals surface area contributed by atoms with Crippen molar-refractivity contribution in [2.45, 2.75) is 0 Å². The number of para-hydroxylation sites is 1. The van der Waals surface area contributed by atoms with E-state index in [2.05, 4.69) is 30.4 Å². The molecule has 1 aliphatic heterocycles. The van der Waals surface area contributed by atoms with E-state index in [4.69, 9.17) is 13.6 Å². The number of fused-ring (bicyclic) bond motifs is 1. The summed E-state index contributed by atoms with van der Waals surface area (Å²) in [4.78, 5) is 24.0. The van der Waals surface area contributed by atoms with Crippen LogP contribution in [0.1, 0.15) is 0 Å². The van der Waals surface area contributed by atoms with Gasteiger partial charge in [0.2, 0.25) is 11.6 Å². The largest absolute Gasteiger partial charge is 0.457 e. The van der Waals surface area contributed by atoms with E-state index in [1.165, 1.54) is 0 Å². The summed E-state index contributed by atoms with van der Waals surface area (Å²) in [5.41, 5.74) is 2.29. The molecule has 1 fully saturated rings. The first-order valence-electron chi connectivity index (χ1n) is 11.1. The van der Waals surface area contributed by atoms with E-state index in [0.717, 1.165) is 29.7 Å². The Balaban J connectivity index is 1.38. The van der Waals surface area contributed by atoms with Crippen molar-refractivity contribution < 1.29 is 13.6 Å². The summed E-state index contributed by atoms with van der Waals surface area (Å²) < 4.78 is 16.9. The van der Waals surface area contributed by atoms with Gasteiger partial charge in [0, 0.05) is 30.1 Å². The van der Waals surface area contributed by atoms with Gasteiger partial charge in [0.1, 0.15) is 0 Å². The Kier molecular flexibility index (Phi) is 5.39. The lowest BCUT2D eigenvalue weighted by Gasteiger charge is -2.27. The highest BCUT2D eigenvalue weighted by Gasteiger charge is 2.23. The second-order valence-electron chi connectivity index (χ2n) is 7.88. The minimum absolute atomic E-state index is 0.00463. The smallest absolute Gasteiger partial charge is 0.321 e. The molecular weight excluding hydrogens is 448 g/mol. The molecule has 35 heavy (non-hydrogen) atoms. The van der Waals surface area contributed by atoms with Crippen molar-refractivity contribution in [2.75, 3.05) is 36.5 Å². The molecule has 0 aliphatic carbocycles. The van der Waals surface area contributed by atoms with Crippen LogP contribution in [0.5, 0.6) is 0 Å². The Hall–Kier alpha value is -4.57. The van der Waals surface area contributed by atoms with Gasteiger partial charge in [0.15, 0.2) is 0 Å². The van der Waals surface area contributed by atoms with Gasteiger partial charge in [0.25, 0.3) is 5.89 Å². The van der Waals surface area contributed by atoms with Gasteiger partial charge in [-0.05, 0) is 6.07 Å². The molecule has 0 spiro atoms. The van der Waals surface area contributed by atoms with Gasteiger partial charge in [-0.3, -0.25) is 10.1 Å². The zero-order chi connectivity index (χ0) is 23.6. The molecule has 10 nitrogen and oxygen atoms in total. The quantitative estimate of drug-likeness (QED) is 0.407. The molecule has 1 aliphatic rings. The van der Waals surface area contributed by atoms with Crippen LogP contribution in [0.4, 0.5) is 17.5 Å². The lowest BCUT2D eigenvalue weighted by molar-refractivity contribution is 0.122. The molecule has 0 atom stereocenters. The summed E-state index contributed by atoms with van der Waals surface area (Å²) in [5.74, 6) is 0.617. The van der Waals surface area contributed by atoms with Crippen LogP contribution in [0, 0.1) is 0 Å². The van der Waals surface area contributed by atoms with Crippen LogP contribution in [-0.2, 0) is 4.74 Å². The highest BCUT2D eigenvalue weighted by atomic mass is 16.5. The van der Waals surface area contributed by atoms with Crippen molar-refractivity contribution in [3.05, 3.63) is 77.3 Å². The van der Waals surface area contributed by atoms with E-state index in [1.807, 2.05) is 54.6 Å². The van der Waals surface area contributed by atoms with Gasteiger partial charge in [0.05, 0.1) is 36.4 Å². The first kappa shape index (κ1) is 21.0. The van der Waals surface area contributed by atoms with Crippen LogP contribution in [0.25, 0.3) is 33.8 Å². The van der Waals surface area contributed by atoms with Crippen molar-refractivity contribution in [2.24, 2.45) is 0 Å². The van der Waals surface area contributed by atoms with Gasteiger partial charge in [-0.15, -0.1) is 5.10 Å². The van der Waals surface area contributed by atoms with E-state index in [-0.39, 0.29) is 17.7 Å². The van der Waals surface area contributed by atoms with E-state index < -0.39 is 5.56 Å². The van der Waals surface area contributed by atoms with Gasteiger partial charge in [-0.25, -0.2) is 9.97 Å². The maximum absolute atomic E-state index is 13.0. The maximum Gasteiger partial charge on any atom is 0.321 e. The van der Waals surface area contributed by atoms with Crippen LogP contribution in [-0.4, -0.2) is 46.5 Å². The Morgan fingerprint density at radius 2 is 1.69 bits per heavy atom. The van der Waals surface area contributed by atoms with Crippen molar-refractivity contribution in [1.29, 1.82) is 0 Å². The minimum atomic E-state index is -0.546. The van der Waals surface area contributed by atoms with Crippen molar-refractivity contribution >= 4 is 28.4 Å². The number of hydrogen-bond acceptors (Lipinski definition) is 10. The fourth-order valence-corrected chi connectivity index (χ4v) is 4.03. The third-order valence-corrected chi connectivity index (χ3v) is 5.70. The summed E-state index contributed by atoms with van der Waals surface area (Å²) in [6.45, 7) is 2.74. The van der Waals surface area contributed by atoms with Crippen LogP contribution < -0.4 is 15.8 Å². The summed E-state index contributed by atoms with van der Waals surface area (Å²) in [6, 6.07) is 18.8. The second kappa shape index (κ2) is 8.99. The minimum Gasteiger partial charge on any atom is -0.457 e. The Labute approximate surface area is 199 Å². The topological polar surface area (TPSA) is 119 Å². The van der Waals surface area contributed by atoms with Crippen LogP contribution >= 0.6 is 0 Å². The van der Waals surface area contributed by atoms with E-state index in [0.29, 0.717) is 30.2 Å². The Morgan fingerprint density at radius 3 is 2.54 bits per heavy atom. The SMILES string of the molecule is O=c1nc2ccccc2c(-c2ccccc2)nc1Nc1nnc(-c2occc2N2CCOCC2)o1. The highest BCUT2D eigenvalue weighted by Crippen LogP contribution is 2.33. The van der Waals surface area contributed by atoms with E-state index in [9.17, 15) is 4.79 Å². The number of anilines is 3. The summed E-state index contributed by atoms with van der Waals surface area (Å²) in [7, 11) is 0. The predicted molar refractivity (Wildman–Crippen MR) is 130 cm³/mol. The molecule has 0 unspecified atom stereocenters. The predicted octanol–water partition coefficient (Wildman–Crippen LogP) is 3.88. The molecule has 1 saturated heterocycles. The molecule has 6 rings (SSSR count). The second-order valence-corrected chi connectivity index (χ2v) is 7.88. The number of rotatable bonds is 5. The number of benzene rings is 2. The number of hydrogen-bond donors (Lipinski definition) is 1. The number of ether oxygens (including phenoxy) is 1. The molecule has 3 aromatic heterocycles. The number of furan rings is 1. The summed E-state index contributed by atoms with van der Waals surface area (Å²) in [5, 5.41) is 11.8. The van der Waals surface area contributed by atoms with E-state index in [1.54, 1.807) is 12.3 Å². The van der Waals surface area contributed by atoms with Crippen molar-refractivity contribution in [3.63, 3.8) is 0 Å². The lowest BCUT2D eigenvalue weighted by atomic mass is 10.1. The summed E-state index contributed by atoms with van der Waals surface area (Å²) >= 11 is 0. The van der Waals surface area contributed by atoms with Crippen LogP contribution in [0.3, 0.4) is 0 Å². The molecular formula is C25H20N6O4. The molecule has 5 aromatic rings. The van der Waals surface area contributed by atoms with Crippen LogP contribution in [0.2, 0.25) is 0 Å². The molecule has 10 heteroatoms. The summed E-state index contributed by atoms with van der Waals surface area (Å²) in [6.07, 6.45) is 1.58. The molecule has 1 N–H and O–H groups in total. The standard InChI is InChI=1S/C25H20N6O4/c32-23-22(27-20(16-6-2-1-3-7-16)17-8-4-5-9-18(17)26-23)28-25-30-29-24(35-25)21-19(10-13-34-21)31-11-14-33-15-12-31/h1-10,13H,11-12,14-15H2,(H,26,27,28,30,32). The maximum atomic E-state index is 13.0. The van der Waals surface area contributed by atoms with Gasteiger partial charge < -0.3 is 18.5 Å². The number of morpholine rings is 1. The zero-order valence-electron chi connectivity index (χ0n) is 18.5. The third-order valence-electron chi connectivity index (χ3n) is 5.70. The van der Waals surface area contributed by atoms with E-state index >= 15 is 0 Å². The average molecular weight is 468 g/mol. The van der Waals surface area contributed by atoms with Gasteiger partial charge in [-0.1, -0.05) is 53.6 Å². The number of aromatic nitrogens is 4. The fraction of sp³-hybridized carbons (Fsp3) is 0.160. The molecule has 174 valence electrons.